The van der Waals surface area contributed by atoms with Crippen molar-refractivity contribution in [1.82, 2.24) is 0 Å². The van der Waals surface area contributed by atoms with Crippen LogP contribution in [-0.2, 0) is 9.53 Å². The first-order chi connectivity index (χ1) is 12.0. The smallest absolute Gasteiger partial charge is 0.339 e. The summed E-state index contributed by atoms with van der Waals surface area (Å²) in [5, 5.41) is 2.69. The van der Waals surface area contributed by atoms with Crippen LogP contribution >= 0.6 is 0 Å². The number of methoxy groups -OCH3 is 1. The maximum atomic E-state index is 12.2. The van der Waals surface area contributed by atoms with Gasteiger partial charge in [-0.15, -0.1) is 0 Å². The number of rotatable bonds is 7. The van der Waals surface area contributed by atoms with Crippen molar-refractivity contribution in [2.75, 3.05) is 19.0 Å². The number of ether oxygens (including phenoxy) is 3. The molecule has 0 aliphatic rings. The lowest BCUT2D eigenvalue weighted by atomic mass is 10.2. The number of benzene rings is 2. The van der Waals surface area contributed by atoms with Crippen molar-refractivity contribution < 1.29 is 23.8 Å². The Kier molecular flexibility index (Phi) is 6.39. The van der Waals surface area contributed by atoms with Crippen molar-refractivity contribution in [2.24, 2.45) is 0 Å². The zero-order valence-electron chi connectivity index (χ0n) is 14.4. The fraction of sp³-hybridized carbons (Fsp3) is 0.263. The molecule has 0 radical (unpaired) electrons. The van der Waals surface area contributed by atoms with E-state index in [0.29, 0.717) is 23.6 Å². The highest BCUT2D eigenvalue weighted by Crippen LogP contribution is 2.17. The van der Waals surface area contributed by atoms with E-state index in [1.807, 2.05) is 6.92 Å². The molecule has 2 aromatic rings. The number of hydrogen-bond acceptors (Lipinski definition) is 5. The molecule has 6 heteroatoms. The van der Waals surface area contributed by atoms with E-state index in [-0.39, 0.29) is 0 Å². The zero-order chi connectivity index (χ0) is 18.2. The van der Waals surface area contributed by atoms with Crippen LogP contribution in [0.25, 0.3) is 0 Å². The van der Waals surface area contributed by atoms with Crippen molar-refractivity contribution in [3.63, 3.8) is 0 Å². The monoisotopic (exact) mass is 343 g/mol. The fourth-order valence-corrected chi connectivity index (χ4v) is 2.08. The molecule has 1 amide bonds. The van der Waals surface area contributed by atoms with E-state index in [0.717, 1.165) is 5.75 Å². The van der Waals surface area contributed by atoms with Gasteiger partial charge in [0.2, 0.25) is 0 Å². The van der Waals surface area contributed by atoms with Crippen LogP contribution in [0.15, 0.2) is 48.5 Å². The van der Waals surface area contributed by atoms with Crippen LogP contribution in [0.4, 0.5) is 5.69 Å². The Morgan fingerprint density at radius 2 is 1.80 bits per heavy atom. The number of carbonyl (C=O) groups excluding carboxylic acids is 2. The van der Waals surface area contributed by atoms with Gasteiger partial charge in [-0.25, -0.2) is 4.79 Å². The van der Waals surface area contributed by atoms with E-state index in [1.165, 1.54) is 14.0 Å². The Balaban J connectivity index is 1.93. The van der Waals surface area contributed by atoms with Crippen molar-refractivity contribution in [1.29, 1.82) is 0 Å². The second kappa shape index (κ2) is 8.73. The molecular formula is C19H21NO5. The Hall–Kier alpha value is -3.02. The first kappa shape index (κ1) is 18.3. The first-order valence-corrected chi connectivity index (χ1v) is 7.92. The number of nitrogens with one attached hydrogen (secondary N) is 1. The summed E-state index contributed by atoms with van der Waals surface area (Å²) in [4.78, 5) is 24.3. The maximum Gasteiger partial charge on any atom is 0.339 e. The van der Waals surface area contributed by atoms with Gasteiger partial charge in [0.25, 0.3) is 5.91 Å². The predicted octanol–water partition coefficient (Wildman–Crippen LogP) is 3.28. The molecule has 0 heterocycles. The molecule has 0 aliphatic heterocycles. The maximum absolute atomic E-state index is 12.2. The summed E-state index contributed by atoms with van der Waals surface area (Å²) in [6, 6.07) is 13.5. The van der Waals surface area contributed by atoms with Crippen LogP contribution < -0.4 is 14.8 Å². The van der Waals surface area contributed by atoms with Gasteiger partial charge < -0.3 is 19.5 Å². The van der Waals surface area contributed by atoms with Crippen LogP contribution in [0, 0.1) is 0 Å². The summed E-state index contributed by atoms with van der Waals surface area (Å²) in [5.41, 5.74) is 0.915. The molecule has 0 bridgehead atoms. The third-order valence-electron chi connectivity index (χ3n) is 3.39. The molecule has 132 valence electrons. The summed E-state index contributed by atoms with van der Waals surface area (Å²) < 4.78 is 15.6. The summed E-state index contributed by atoms with van der Waals surface area (Å²) in [7, 11) is 1.51. The molecule has 0 fully saturated rings. The molecule has 0 aliphatic carbocycles. The van der Waals surface area contributed by atoms with E-state index < -0.39 is 18.0 Å². The summed E-state index contributed by atoms with van der Waals surface area (Å²) in [6.07, 6.45) is -0.940. The first-order valence-electron chi connectivity index (χ1n) is 7.92. The van der Waals surface area contributed by atoms with Gasteiger partial charge in [-0.3, -0.25) is 4.79 Å². The molecule has 2 aromatic carbocycles. The number of carbonyl (C=O) groups is 2. The average molecular weight is 343 g/mol. The van der Waals surface area contributed by atoms with E-state index >= 15 is 0 Å². The minimum atomic E-state index is -0.940. The largest absolute Gasteiger partial charge is 0.497 e. The van der Waals surface area contributed by atoms with Crippen molar-refractivity contribution in [3.8, 4) is 11.5 Å². The third kappa shape index (κ3) is 5.24. The molecule has 0 saturated heterocycles. The second-order valence-electron chi connectivity index (χ2n) is 5.23. The van der Waals surface area contributed by atoms with E-state index in [1.54, 1.807) is 48.5 Å². The Morgan fingerprint density at radius 3 is 2.44 bits per heavy atom. The van der Waals surface area contributed by atoms with Gasteiger partial charge >= 0.3 is 5.97 Å². The molecule has 1 atom stereocenters. The van der Waals surface area contributed by atoms with Crippen molar-refractivity contribution in [2.45, 2.75) is 20.0 Å². The van der Waals surface area contributed by atoms with Gasteiger partial charge in [0.15, 0.2) is 6.10 Å². The Bertz CT molecular complexity index is 727. The lowest BCUT2D eigenvalue weighted by Gasteiger charge is -2.14. The SMILES string of the molecule is CCOc1ccc(NC(=O)[C@@H](C)OC(=O)c2cccc(OC)c2)cc1. The van der Waals surface area contributed by atoms with Crippen LogP contribution in [0.2, 0.25) is 0 Å². The van der Waals surface area contributed by atoms with Gasteiger partial charge in [0, 0.05) is 5.69 Å². The lowest BCUT2D eigenvalue weighted by Crippen LogP contribution is -2.30. The van der Waals surface area contributed by atoms with Gasteiger partial charge in [0.05, 0.1) is 19.3 Å². The molecule has 0 saturated carbocycles. The highest BCUT2D eigenvalue weighted by Gasteiger charge is 2.19. The normalized spacial score (nSPS) is 11.3. The minimum absolute atomic E-state index is 0.320. The van der Waals surface area contributed by atoms with Crippen LogP contribution in [0.1, 0.15) is 24.2 Å². The fourth-order valence-electron chi connectivity index (χ4n) is 2.08. The molecule has 6 nitrogen and oxygen atoms in total. The molecule has 1 N–H and O–H groups in total. The summed E-state index contributed by atoms with van der Waals surface area (Å²) >= 11 is 0. The van der Waals surface area contributed by atoms with Gasteiger partial charge in [-0.2, -0.15) is 0 Å². The van der Waals surface area contributed by atoms with E-state index in [4.69, 9.17) is 14.2 Å². The van der Waals surface area contributed by atoms with Crippen molar-refractivity contribution in [3.05, 3.63) is 54.1 Å². The molecule has 0 unspecified atom stereocenters. The summed E-state index contributed by atoms with van der Waals surface area (Å²) in [6.45, 7) is 3.99. The Labute approximate surface area is 146 Å². The van der Waals surface area contributed by atoms with Gasteiger partial charge in [-0.1, -0.05) is 6.07 Å². The topological polar surface area (TPSA) is 73.9 Å². The van der Waals surface area contributed by atoms with E-state index in [2.05, 4.69) is 5.32 Å². The highest BCUT2D eigenvalue weighted by molar-refractivity contribution is 5.97. The molecule has 25 heavy (non-hydrogen) atoms. The Morgan fingerprint density at radius 1 is 1.08 bits per heavy atom. The molecular weight excluding hydrogens is 322 g/mol. The third-order valence-corrected chi connectivity index (χ3v) is 3.39. The van der Waals surface area contributed by atoms with Gasteiger partial charge in [0.1, 0.15) is 11.5 Å². The molecule has 0 spiro atoms. The lowest BCUT2D eigenvalue weighted by molar-refractivity contribution is -0.123. The van der Waals surface area contributed by atoms with Crippen LogP contribution in [-0.4, -0.2) is 31.7 Å². The second-order valence-corrected chi connectivity index (χ2v) is 5.23. The standard InChI is InChI=1S/C19H21NO5/c1-4-24-16-10-8-15(9-11-16)20-18(21)13(2)25-19(22)14-6-5-7-17(12-14)23-3/h5-13H,4H2,1-3H3,(H,20,21)/t13-/m1/s1. The number of esters is 1. The molecule has 2 rings (SSSR count). The van der Waals surface area contributed by atoms with Crippen molar-refractivity contribution >= 4 is 17.6 Å². The number of amides is 1. The average Bonchev–Trinajstić information content (AvgIpc) is 2.63. The quantitative estimate of drug-likeness (QED) is 0.781. The van der Waals surface area contributed by atoms with Gasteiger partial charge in [-0.05, 0) is 56.3 Å². The van der Waals surface area contributed by atoms with Crippen LogP contribution in [0.3, 0.4) is 0 Å². The van der Waals surface area contributed by atoms with E-state index in [9.17, 15) is 9.59 Å². The minimum Gasteiger partial charge on any atom is -0.497 e. The van der Waals surface area contributed by atoms with Crippen LogP contribution in [0.5, 0.6) is 11.5 Å². The predicted molar refractivity (Wildman–Crippen MR) is 94.1 cm³/mol. The number of hydrogen-bond donors (Lipinski definition) is 1. The summed E-state index contributed by atoms with van der Waals surface area (Å²) in [5.74, 6) is 0.257. The molecule has 0 aromatic heterocycles. The number of anilines is 1. The zero-order valence-corrected chi connectivity index (χ0v) is 14.4. The highest BCUT2D eigenvalue weighted by atomic mass is 16.5.